The second-order valence-corrected chi connectivity index (χ2v) is 8.27. The minimum atomic E-state index is -3.45. The second-order valence-electron chi connectivity index (χ2n) is 4.75. The predicted molar refractivity (Wildman–Crippen MR) is 88.7 cm³/mol. The lowest BCUT2D eigenvalue weighted by molar-refractivity contribution is 0.444. The van der Waals surface area contributed by atoms with E-state index in [1.165, 1.54) is 0 Å². The third kappa shape index (κ3) is 5.12. The standard InChI is InChI=1S/C13H22N2O2S3/c1-3-5-6-10(4-2)9-15-20(16,17)12-8-7-11(19-12)13(14)18/h7-8,10,15H,3-6,9H2,1-2H3,(H2,14,18). The van der Waals surface area contributed by atoms with E-state index in [2.05, 4.69) is 18.6 Å². The Morgan fingerprint density at radius 2 is 2.15 bits per heavy atom. The van der Waals surface area contributed by atoms with E-state index in [4.69, 9.17) is 18.0 Å². The first kappa shape index (κ1) is 17.6. The van der Waals surface area contributed by atoms with Crippen LogP contribution in [0.15, 0.2) is 16.3 Å². The summed E-state index contributed by atoms with van der Waals surface area (Å²) in [5.41, 5.74) is 5.50. The number of nitrogens with one attached hydrogen (secondary N) is 1. The molecule has 114 valence electrons. The van der Waals surface area contributed by atoms with Crippen LogP contribution in [0.25, 0.3) is 0 Å². The van der Waals surface area contributed by atoms with E-state index in [1.807, 2.05) is 0 Å². The van der Waals surface area contributed by atoms with Crippen LogP contribution in [0.5, 0.6) is 0 Å². The molecule has 0 radical (unpaired) electrons. The van der Waals surface area contributed by atoms with Crippen LogP contribution in [0, 0.1) is 5.92 Å². The number of hydrogen-bond donors (Lipinski definition) is 2. The number of sulfonamides is 1. The van der Waals surface area contributed by atoms with Crippen LogP contribution >= 0.6 is 23.6 Å². The van der Waals surface area contributed by atoms with Gasteiger partial charge in [-0.25, -0.2) is 13.1 Å². The predicted octanol–water partition coefficient (Wildman–Crippen LogP) is 2.88. The zero-order valence-corrected chi connectivity index (χ0v) is 14.3. The molecular weight excluding hydrogens is 312 g/mol. The van der Waals surface area contributed by atoms with E-state index >= 15 is 0 Å². The minimum absolute atomic E-state index is 0.228. The smallest absolute Gasteiger partial charge is 0.250 e. The fourth-order valence-electron chi connectivity index (χ4n) is 1.84. The molecule has 0 fully saturated rings. The molecule has 0 saturated carbocycles. The quantitative estimate of drug-likeness (QED) is 0.681. The lowest BCUT2D eigenvalue weighted by atomic mass is 10.00. The Bertz CT molecular complexity index is 538. The van der Waals surface area contributed by atoms with Crippen molar-refractivity contribution < 1.29 is 8.42 Å². The Morgan fingerprint density at radius 1 is 1.45 bits per heavy atom. The highest BCUT2D eigenvalue weighted by atomic mass is 32.2. The lowest BCUT2D eigenvalue weighted by Crippen LogP contribution is -2.28. The van der Waals surface area contributed by atoms with Crippen LogP contribution in [0.3, 0.4) is 0 Å². The van der Waals surface area contributed by atoms with Crippen molar-refractivity contribution in [2.75, 3.05) is 6.54 Å². The molecule has 0 bridgehead atoms. The monoisotopic (exact) mass is 334 g/mol. The van der Waals surface area contributed by atoms with E-state index in [-0.39, 0.29) is 9.20 Å². The summed E-state index contributed by atoms with van der Waals surface area (Å²) in [6.45, 7) is 4.71. The van der Waals surface area contributed by atoms with Crippen LogP contribution in [-0.4, -0.2) is 20.0 Å². The van der Waals surface area contributed by atoms with Gasteiger partial charge in [0.25, 0.3) is 0 Å². The number of nitrogens with two attached hydrogens (primary N) is 1. The highest BCUT2D eigenvalue weighted by Crippen LogP contribution is 2.22. The van der Waals surface area contributed by atoms with E-state index in [9.17, 15) is 8.42 Å². The largest absolute Gasteiger partial charge is 0.389 e. The number of rotatable bonds is 9. The summed E-state index contributed by atoms with van der Waals surface area (Å²) in [6, 6.07) is 3.20. The van der Waals surface area contributed by atoms with Gasteiger partial charge < -0.3 is 5.73 Å². The highest BCUT2D eigenvalue weighted by molar-refractivity contribution is 7.91. The van der Waals surface area contributed by atoms with Gasteiger partial charge in [-0.05, 0) is 24.5 Å². The molecule has 3 N–H and O–H groups in total. The van der Waals surface area contributed by atoms with Crippen molar-refractivity contribution in [1.29, 1.82) is 0 Å². The van der Waals surface area contributed by atoms with Gasteiger partial charge in [0.2, 0.25) is 10.0 Å². The molecule has 1 unspecified atom stereocenters. The Balaban J connectivity index is 2.66. The molecule has 1 atom stereocenters. The number of hydrogen-bond acceptors (Lipinski definition) is 4. The summed E-state index contributed by atoms with van der Waals surface area (Å²) in [5.74, 6) is 0.389. The SMILES string of the molecule is CCCCC(CC)CNS(=O)(=O)c1ccc(C(N)=S)s1. The Kier molecular flexibility index (Phi) is 7.08. The average molecular weight is 335 g/mol. The van der Waals surface area contributed by atoms with Gasteiger partial charge in [-0.2, -0.15) is 0 Å². The number of unbranched alkanes of at least 4 members (excludes halogenated alkanes) is 1. The summed E-state index contributed by atoms with van der Waals surface area (Å²) >= 11 is 5.95. The molecule has 0 aliphatic rings. The summed E-state index contributed by atoms with van der Waals surface area (Å²) in [5, 5.41) is 0. The van der Waals surface area contributed by atoms with Crippen LogP contribution in [-0.2, 0) is 10.0 Å². The van der Waals surface area contributed by atoms with Gasteiger partial charge in [0.1, 0.15) is 9.20 Å². The van der Waals surface area contributed by atoms with E-state index < -0.39 is 10.0 Å². The van der Waals surface area contributed by atoms with Crippen molar-refractivity contribution in [3.05, 3.63) is 17.0 Å². The van der Waals surface area contributed by atoms with Crippen molar-refractivity contribution in [3.8, 4) is 0 Å². The molecule has 7 heteroatoms. The van der Waals surface area contributed by atoms with Gasteiger partial charge in [-0.3, -0.25) is 0 Å². The van der Waals surface area contributed by atoms with Crippen LogP contribution in [0.2, 0.25) is 0 Å². The Morgan fingerprint density at radius 3 is 2.65 bits per heavy atom. The molecule has 0 saturated heterocycles. The van der Waals surface area contributed by atoms with Crippen LogP contribution < -0.4 is 10.5 Å². The van der Waals surface area contributed by atoms with Crippen molar-refractivity contribution in [2.45, 2.75) is 43.7 Å². The number of thiophene rings is 1. The molecule has 0 spiro atoms. The topological polar surface area (TPSA) is 72.2 Å². The maximum absolute atomic E-state index is 12.2. The average Bonchev–Trinajstić information content (AvgIpc) is 2.89. The molecule has 20 heavy (non-hydrogen) atoms. The van der Waals surface area contributed by atoms with Gasteiger partial charge in [0, 0.05) is 6.54 Å². The molecule has 1 heterocycles. The minimum Gasteiger partial charge on any atom is -0.389 e. The fraction of sp³-hybridized carbons (Fsp3) is 0.615. The molecule has 1 aromatic heterocycles. The molecule has 0 aromatic carbocycles. The van der Waals surface area contributed by atoms with Gasteiger partial charge in [-0.1, -0.05) is 45.3 Å². The summed E-state index contributed by atoms with van der Waals surface area (Å²) < 4.78 is 27.3. The van der Waals surface area contributed by atoms with Crippen molar-refractivity contribution >= 4 is 38.6 Å². The molecule has 0 aliphatic heterocycles. The first-order valence-electron chi connectivity index (χ1n) is 6.80. The zero-order valence-electron chi connectivity index (χ0n) is 11.9. The number of thiocarbonyl (C=S) groups is 1. The molecule has 1 aromatic rings. The Labute approximate surface area is 130 Å². The van der Waals surface area contributed by atoms with E-state index in [1.54, 1.807) is 12.1 Å². The molecule has 1 rings (SSSR count). The van der Waals surface area contributed by atoms with Crippen molar-refractivity contribution in [3.63, 3.8) is 0 Å². The van der Waals surface area contributed by atoms with Crippen LogP contribution in [0.1, 0.15) is 44.4 Å². The third-order valence-electron chi connectivity index (χ3n) is 3.19. The maximum Gasteiger partial charge on any atom is 0.250 e. The van der Waals surface area contributed by atoms with E-state index in [0.717, 1.165) is 37.0 Å². The highest BCUT2D eigenvalue weighted by Gasteiger charge is 2.18. The van der Waals surface area contributed by atoms with Gasteiger partial charge in [0.15, 0.2) is 0 Å². The first-order chi connectivity index (χ1) is 9.40. The Hall–Kier alpha value is -0.500. The van der Waals surface area contributed by atoms with E-state index in [0.29, 0.717) is 17.3 Å². The molecule has 0 amide bonds. The summed E-state index contributed by atoms with van der Waals surface area (Å²) in [4.78, 5) is 0.851. The second kappa shape index (κ2) is 8.07. The van der Waals surface area contributed by atoms with Crippen molar-refractivity contribution in [2.24, 2.45) is 11.7 Å². The first-order valence-corrected chi connectivity index (χ1v) is 9.50. The van der Waals surface area contributed by atoms with Gasteiger partial charge in [0.05, 0.1) is 4.88 Å². The molecule has 4 nitrogen and oxygen atoms in total. The normalized spacial score (nSPS) is 13.3. The summed E-state index contributed by atoms with van der Waals surface area (Å²) in [6.07, 6.45) is 4.29. The molecule has 0 aliphatic carbocycles. The van der Waals surface area contributed by atoms with Gasteiger partial charge >= 0.3 is 0 Å². The fourth-order valence-corrected chi connectivity index (χ4v) is 4.35. The lowest BCUT2D eigenvalue weighted by Gasteiger charge is -2.14. The van der Waals surface area contributed by atoms with Crippen LogP contribution in [0.4, 0.5) is 0 Å². The molecular formula is C13H22N2O2S3. The van der Waals surface area contributed by atoms with Crippen molar-refractivity contribution in [1.82, 2.24) is 4.72 Å². The maximum atomic E-state index is 12.2. The third-order valence-corrected chi connectivity index (χ3v) is 6.58. The van der Waals surface area contributed by atoms with Gasteiger partial charge in [-0.15, -0.1) is 11.3 Å². The zero-order chi connectivity index (χ0) is 15.2. The summed E-state index contributed by atoms with van der Waals surface area (Å²) in [7, 11) is -3.45.